The van der Waals surface area contributed by atoms with Crippen molar-refractivity contribution >= 4 is 16.9 Å². The standard InChI is InChI=1S/C13H16S/c1-10(2)13-8-12(9-14-13)11-6-4-3-5-7-11/h3-4,6,8-10H,5,7H2,1-2H3. The van der Waals surface area contributed by atoms with Gasteiger partial charge in [-0.05, 0) is 41.3 Å². The molecule has 0 aromatic carbocycles. The van der Waals surface area contributed by atoms with Crippen LogP contribution in [0.2, 0.25) is 0 Å². The fourth-order valence-corrected chi connectivity index (χ4v) is 2.62. The highest BCUT2D eigenvalue weighted by molar-refractivity contribution is 7.10. The van der Waals surface area contributed by atoms with E-state index in [0.717, 1.165) is 0 Å². The molecule has 0 bridgehead atoms. The Hall–Kier alpha value is -0.820. The van der Waals surface area contributed by atoms with Crippen LogP contribution in [0.15, 0.2) is 29.7 Å². The number of hydrogen-bond acceptors (Lipinski definition) is 1. The van der Waals surface area contributed by atoms with Crippen LogP contribution < -0.4 is 0 Å². The van der Waals surface area contributed by atoms with Crippen LogP contribution in [0.3, 0.4) is 0 Å². The molecule has 0 saturated carbocycles. The fraction of sp³-hybridized carbons (Fsp3) is 0.385. The molecule has 0 N–H and O–H groups in total. The van der Waals surface area contributed by atoms with Crippen molar-refractivity contribution in [2.75, 3.05) is 0 Å². The monoisotopic (exact) mass is 204 g/mol. The van der Waals surface area contributed by atoms with E-state index >= 15 is 0 Å². The Balaban J connectivity index is 2.24. The van der Waals surface area contributed by atoms with Gasteiger partial charge in [0.15, 0.2) is 0 Å². The van der Waals surface area contributed by atoms with Crippen LogP contribution in [0.5, 0.6) is 0 Å². The van der Waals surface area contributed by atoms with Gasteiger partial charge in [-0.25, -0.2) is 0 Å². The summed E-state index contributed by atoms with van der Waals surface area (Å²) in [6.45, 7) is 4.51. The molecule has 0 atom stereocenters. The lowest BCUT2D eigenvalue weighted by molar-refractivity contribution is 0.889. The van der Waals surface area contributed by atoms with Crippen molar-refractivity contribution in [3.8, 4) is 0 Å². The molecule has 1 aromatic heterocycles. The third-order valence-electron chi connectivity index (χ3n) is 2.57. The molecule has 1 aromatic rings. The Kier molecular flexibility index (Phi) is 2.87. The predicted molar refractivity (Wildman–Crippen MR) is 64.8 cm³/mol. The maximum atomic E-state index is 2.35. The van der Waals surface area contributed by atoms with Crippen molar-refractivity contribution in [3.05, 3.63) is 40.1 Å². The van der Waals surface area contributed by atoms with Crippen LogP contribution in [0.25, 0.3) is 5.57 Å². The Bertz CT molecular complexity index is 366. The van der Waals surface area contributed by atoms with Crippen LogP contribution in [-0.2, 0) is 0 Å². The van der Waals surface area contributed by atoms with Crippen molar-refractivity contribution < 1.29 is 0 Å². The topological polar surface area (TPSA) is 0 Å². The third-order valence-corrected chi connectivity index (χ3v) is 3.81. The van der Waals surface area contributed by atoms with E-state index in [1.54, 1.807) is 0 Å². The van der Waals surface area contributed by atoms with E-state index in [2.05, 4.69) is 43.5 Å². The predicted octanol–water partition coefficient (Wildman–Crippen LogP) is 4.60. The molecule has 0 saturated heterocycles. The van der Waals surface area contributed by atoms with Gasteiger partial charge in [-0.3, -0.25) is 0 Å². The zero-order valence-corrected chi connectivity index (χ0v) is 9.60. The summed E-state index contributed by atoms with van der Waals surface area (Å²) in [5.74, 6) is 0.661. The Morgan fingerprint density at radius 3 is 2.79 bits per heavy atom. The van der Waals surface area contributed by atoms with E-state index in [0.29, 0.717) is 5.92 Å². The lowest BCUT2D eigenvalue weighted by atomic mass is 9.99. The van der Waals surface area contributed by atoms with Crippen LogP contribution in [0.1, 0.15) is 43.0 Å². The molecule has 0 radical (unpaired) electrons. The molecule has 1 aliphatic rings. The molecule has 14 heavy (non-hydrogen) atoms. The highest BCUT2D eigenvalue weighted by Crippen LogP contribution is 2.30. The number of rotatable bonds is 2. The van der Waals surface area contributed by atoms with Crippen LogP contribution in [-0.4, -0.2) is 0 Å². The molecule has 0 amide bonds. The SMILES string of the molecule is CC(C)c1cc(C2=CC=CCC2)cs1. The summed E-state index contributed by atoms with van der Waals surface area (Å²) >= 11 is 1.89. The second-order valence-electron chi connectivity index (χ2n) is 4.05. The highest BCUT2D eigenvalue weighted by atomic mass is 32.1. The molecular formula is C13H16S. The van der Waals surface area contributed by atoms with Gasteiger partial charge in [0.1, 0.15) is 0 Å². The summed E-state index contributed by atoms with van der Waals surface area (Å²) in [6, 6.07) is 2.35. The summed E-state index contributed by atoms with van der Waals surface area (Å²) in [4.78, 5) is 1.50. The first kappa shape index (κ1) is 9.72. The molecule has 0 aliphatic heterocycles. The second-order valence-corrected chi connectivity index (χ2v) is 4.99. The smallest absolute Gasteiger partial charge is 0.00769 e. The van der Waals surface area contributed by atoms with Gasteiger partial charge in [-0.1, -0.05) is 32.1 Å². The van der Waals surface area contributed by atoms with Gasteiger partial charge < -0.3 is 0 Å². The maximum Gasteiger partial charge on any atom is 0.00769 e. The Morgan fingerprint density at radius 1 is 1.36 bits per heavy atom. The zero-order chi connectivity index (χ0) is 9.97. The van der Waals surface area contributed by atoms with Crippen LogP contribution in [0, 0.1) is 0 Å². The molecule has 0 fully saturated rings. The summed E-state index contributed by atoms with van der Waals surface area (Å²) < 4.78 is 0. The van der Waals surface area contributed by atoms with Gasteiger partial charge in [0.05, 0.1) is 0 Å². The third kappa shape index (κ3) is 1.98. The van der Waals surface area contributed by atoms with Gasteiger partial charge in [0.2, 0.25) is 0 Å². The summed E-state index contributed by atoms with van der Waals surface area (Å²) in [6.07, 6.45) is 9.05. The fourth-order valence-electron chi connectivity index (χ4n) is 1.67. The first-order chi connectivity index (χ1) is 6.77. The van der Waals surface area contributed by atoms with Crippen LogP contribution >= 0.6 is 11.3 Å². The largest absolute Gasteiger partial charge is 0.148 e. The van der Waals surface area contributed by atoms with Crippen molar-refractivity contribution in [1.82, 2.24) is 0 Å². The highest BCUT2D eigenvalue weighted by Gasteiger charge is 2.07. The first-order valence-electron chi connectivity index (χ1n) is 5.22. The van der Waals surface area contributed by atoms with E-state index in [1.807, 2.05) is 11.3 Å². The lowest BCUT2D eigenvalue weighted by Gasteiger charge is -2.06. The van der Waals surface area contributed by atoms with Gasteiger partial charge in [-0.15, -0.1) is 11.3 Å². The van der Waals surface area contributed by atoms with E-state index in [9.17, 15) is 0 Å². The first-order valence-corrected chi connectivity index (χ1v) is 6.10. The average molecular weight is 204 g/mol. The normalized spacial score (nSPS) is 16.1. The van der Waals surface area contributed by atoms with E-state index < -0.39 is 0 Å². The molecule has 1 heteroatoms. The average Bonchev–Trinajstić information content (AvgIpc) is 2.68. The van der Waals surface area contributed by atoms with E-state index in [4.69, 9.17) is 0 Å². The molecule has 2 rings (SSSR count). The Labute approximate surface area is 90.0 Å². The molecule has 74 valence electrons. The zero-order valence-electron chi connectivity index (χ0n) is 8.79. The van der Waals surface area contributed by atoms with Gasteiger partial charge in [0, 0.05) is 4.88 Å². The van der Waals surface area contributed by atoms with E-state index in [1.165, 1.54) is 28.9 Å². The maximum absolute atomic E-state index is 2.35. The minimum absolute atomic E-state index is 0.661. The van der Waals surface area contributed by atoms with Gasteiger partial charge >= 0.3 is 0 Å². The van der Waals surface area contributed by atoms with Crippen molar-refractivity contribution in [3.63, 3.8) is 0 Å². The molecule has 1 aliphatic carbocycles. The van der Waals surface area contributed by atoms with Gasteiger partial charge in [-0.2, -0.15) is 0 Å². The Morgan fingerprint density at radius 2 is 2.21 bits per heavy atom. The number of hydrogen-bond donors (Lipinski definition) is 0. The second kappa shape index (κ2) is 4.14. The number of thiophene rings is 1. The molecule has 1 heterocycles. The minimum Gasteiger partial charge on any atom is -0.148 e. The molecule has 0 unspecified atom stereocenters. The minimum atomic E-state index is 0.661. The lowest BCUT2D eigenvalue weighted by Crippen LogP contribution is -1.85. The summed E-state index contributed by atoms with van der Waals surface area (Å²) in [5, 5.41) is 2.29. The van der Waals surface area contributed by atoms with Crippen molar-refractivity contribution in [1.29, 1.82) is 0 Å². The number of allylic oxidation sites excluding steroid dienone is 4. The van der Waals surface area contributed by atoms with Crippen LogP contribution in [0.4, 0.5) is 0 Å². The summed E-state index contributed by atoms with van der Waals surface area (Å²) in [7, 11) is 0. The molecule has 0 spiro atoms. The van der Waals surface area contributed by atoms with E-state index in [-0.39, 0.29) is 0 Å². The van der Waals surface area contributed by atoms with Crippen molar-refractivity contribution in [2.45, 2.75) is 32.6 Å². The molecule has 0 nitrogen and oxygen atoms in total. The quantitative estimate of drug-likeness (QED) is 0.660. The van der Waals surface area contributed by atoms with Gasteiger partial charge in [0.25, 0.3) is 0 Å². The summed E-state index contributed by atoms with van der Waals surface area (Å²) in [5.41, 5.74) is 2.93. The molecular weight excluding hydrogens is 188 g/mol. The van der Waals surface area contributed by atoms with Crippen molar-refractivity contribution in [2.24, 2.45) is 0 Å².